The van der Waals surface area contributed by atoms with Crippen molar-refractivity contribution in [3.05, 3.63) is 76.7 Å². The fraction of sp³-hybridized carbons (Fsp3) is 0. The van der Waals surface area contributed by atoms with Crippen LogP contribution in [0.3, 0.4) is 0 Å². The van der Waals surface area contributed by atoms with Crippen LogP contribution < -0.4 is 0 Å². The Morgan fingerprint density at radius 3 is 2.81 bits per heavy atom. The van der Waals surface area contributed by atoms with E-state index in [-0.39, 0.29) is 17.0 Å². The second-order valence-electron chi connectivity index (χ2n) is 5.34. The van der Waals surface area contributed by atoms with Gasteiger partial charge in [0, 0.05) is 6.20 Å². The third kappa shape index (κ3) is 2.94. The van der Waals surface area contributed by atoms with Crippen LogP contribution in [0.2, 0.25) is 0 Å². The predicted molar refractivity (Wildman–Crippen MR) is 95.6 cm³/mol. The summed E-state index contributed by atoms with van der Waals surface area (Å²) in [5.74, 6) is 4.33. The van der Waals surface area contributed by atoms with Crippen LogP contribution >= 0.6 is 11.3 Å². The van der Waals surface area contributed by atoms with Gasteiger partial charge in [0.15, 0.2) is 5.65 Å². The second kappa shape index (κ2) is 6.43. The Kier molecular flexibility index (Phi) is 3.95. The standard InChI is InChI=1S/C19H10FN3O2S/c20-15-4-2-1-3-12(15)5-6-13-7-8-17(26-13)16-9-10-23-18(22-16)14(11-21-23)19(24)25/h1-4,7-11H,(H,24,25). The fourth-order valence-corrected chi connectivity index (χ4v) is 3.22. The molecule has 0 saturated heterocycles. The molecule has 5 nitrogen and oxygen atoms in total. The lowest BCUT2D eigenvalue weighted by atomic mass is 10.2. The molecule has 0 radical (unpaired) electrons. The van der Waals surface area contributed by atoms with E-state index in [2.05, 4.69) is 21.9 Å². The lowest BCUT2D eigenvalue weighted by Gasteiger charge is -1.98. The summed E-state index contributed by atoms with van der Waals surface area (Å²) in [6.07, 6.45) is 2.93. The molecule has 126 valence electrons. The van der Waals surface area contributed by atoms with Gasteiger partial charge in [-0.3, -0.25) is 0 Å². The third-order valence-electron chi connectivity index (χ3n) is 3.65. The van der Waals surface area contributed by atoms with Crippen molar-refractivity contribution < 1.29 is 14.3 Å². The van der Waals surface area contributed by atoms with E-state index in [0.717, 1.165) is 9.75 Å². The predicted octanol–water partition coefficient (Wildman–Crippen LogP) is 3.69. The summed E-state index contributed by atoms with van der Waals surface area (Å²) in [6, 6.07) is 11.8. The second-order valence-corrected chi connectivity index (χ2v) is 6.42. The molecule has 1 aromatic carbocycles. The van der Waals surface area contributed by atoms with Gasteiger partial charge in [0.1, 0.15) is 11.4 Å². The quantitative estimate of drug-likeness (QED) is 0.552. The van der Waals surface area contributed by atoms with Crippen LogP contribution in [0, 0.1) is 17.7 Å². The van der Waals surface area contributed by atoms with E-state index in [9.17, 15) is 14.3 Å². The molecule has 0 bridgehead atoms. The Morgan fingerprint density at radius 2 is 2.00 bits per heavy atom. The van der Waals surface area contributed by atoms with Crippen LogP contribution in [-0.4, -0.2) is 25.7 Å². The minimum Gasteiger partial charge on any atom is -0.477 e. The van der Waals surface area contributed by atoms with Gasteiger partial charge >= 0.3 is 5.97 Å². The van der Waals surface area contributed by atoms with Crippen molar-refractivity contribution in [3.63, 3.8) is 0 Å². The molecule has 7 heteroatoms. The van der Waals surface area contributed by atoms with Crippen molar-refractivity contribution in [3.8, 4) is 22.4 Å². The molecule has 0 aliphatic heterocycles. The molecule has 0 aliphatic rings. The van der Waals surface area contributed by atoms with Gasteiger partial charge in [0.05, 0.1) is 27.2 Å². The third-order valence-corrected chi connectivity index (χ3v) is 4.68. The average Bonchev–Trinajstić information content (AvgIpc) is 3.27. The number of hydrogen-bond donors (Lipinski definition) is 1. The molecule has 0 saturated carbocycles. The topological polar surface area (TPSA) is 67.5 Å². The lowest BCUT2D eigenvalue weighted by molar-refractivity contribution is 0.0699. The smallest absolute Gasteiger partial charge is 0.341 e. The molecule has 0 aliphatic carbocycles. The molecular formula is C19H10FN3O2S. The van der Waals surface area contributed by atoms with Gasteiger partial charge in [-0.1, -0.05) is 24.0 Å². The van der Waals surface area contributed by atoms with Crippen LogP contribution in [0.25, 0.3) is 16.2 Å². The number of benzene rings is 1. The molecule has 0 atom stereocenters. The van der Waals surface area contributed by atoms with Gasteiger partial charge in [0.25, 0.3) is 0 Å². The van der Waals surface area contributed by atoms with E-state index < -0.39 is 5.97 Å². The molecular weight excluding hydrogens is 353 g/mol. The molecule has 0 unspecified atom stereocenters. The Balaban J connectivity index is 1.68. The van der Waals surface area contributed by atoms with Crippen LogP contribution in [-0.2, 0) is 0 Å². The molecule has 4 aromatic rings. The first-order valence-electron chi connectivity index (χ1n) is 7.56. The van der Waals surface area contributed by atoms with E-state index >= 15 is 0 Å². The van der Waals surface area contributed by atoms with Gasteiger partial charge in [0.2, 0.25) is 0 Å². The van der Waals surface area contributed by atoms with Crippen molar-refractivity contribution in [2.75, 3.05) is 0 Å². The zero-order valence-corrected chi connectivity index (χ0v) is 14.0. The molecule has 0 spiro atoms. The van der Waals surface area contributed by atoms with Gasteiger partial charge in [-0.05, 0) is 30.3 Å². The van der Waals surface area contributed by atoms with Gasteiger partial charge in [-0.15, -0.1) is 11.3 Å². The Labute approximate surface area is 151 Å². The molecule has 4 rings (SSSR count). The largest absolute Gasteiger partial charge is 0.477 e. The SMILES string of the molecule is O=C(O)c1cnn2ccc(-c3ccc(C#Cc4ccccc4F)s3)nc12. The first-order valence-corrected chi connectivity index (χ1v) is 8.38. The highest BCUT2D eigenvalue weighted by atomic mass is 32.1. The Morgan fingerprint density at radius 1 is 1.15 bits per heavy atom. The Bertz CT molecular complexity index is 1200. The average molecular weight is 363 g/mol. The summed E-state index contributed by atoms with van der Waals surface area (Å²) in [5.41, 5.74) is 1.29. The minimum absolute atomic E-state index is 0.0444. The maximum absolute atomic E-state index is 13.6. The van der Waals surface area contributed by atoms with Crippen LogP contribution in [0.1, 0.15) is 20.8 Å². The number of thiophene rings is 1. The van der Waals surface area contributed by atoms with E-state index in [1.807, 2.05) is 12.1 Å². The first-order chi connectivity index (χ1) is 12.6. The van der Waals surface area contributed by atoms with E-state index in [1.54, 1.807) is 30.5 Å². The highest BCUT2D eigenvalue weighted by Gasteiger charge is 2.14. The Hall–Kier alpha value is -3.50. The number of carboxylic acid groups (broad SMARTS) is 1. The maximum Gasteiger partial charge on any atom is 0.341 e. The monoisotopic (exact) mass is 363 g/mol. The highest BCUT2D eigenvalue weighted by Crippen LogP contribution is 2.27. The highest BCUT2D eigenvalue weighted by molar-refractivity contribution is 7.16. The van der Waals surface area contributed by atoms with Crippen molar-refractivity contribution in [1.82, 2.24) is 14.6 Å². The maximum atomic E-state index is 13.6. The summed E-state index contributed by atoms with van der Waals surface area (Å²) < 4.78 is 15.0. The van der Waals surface area contributed by atoms with Crippen LogP contribution in [0.4, 0.5) is 4.39 Å². The zero-order valence-electron chi connectivity index (χ0n) is 13.2. The molecule has 3 heterocycles. The van der Waals surface area contributed by atoms with Crippen molar-refractivity contribution >= 4 is 23.0 Å². The van der Waals surface area contributed by atoms with Crippen molar-refractivity contribution in [2.45, 2.75) is 0 Å². The first kappa shape index (κ1) is 16.0. The van der Waals surface area contributed by atoms with Gasteiger partial charge in [-0.2, -0.15) is 5.10 Å². The van der Waals surface area contributed by atoms with Gasteiger partial charge in [-0.25, -0.2) is 18.7 Å². The molecule has 26 heavy (non-hydrogen) atoms. The summed E-state index contributed by atoms with van der Waals surface area (Å²) >= 11 is 1.40. The molecule has 3 aromatic heterocycles. The number of aromatic nitrogens is 3. The fourth-order valence-electron chi connectivity index (χ4n) is 2.39. The van der Waals surface area contributed by atoms with E-state index in [1.165, 1.54) is 28.1 Å². The molecule has 0 fully saturated rings. The lowest BCUT2D eigenvalue weighted by Crippen LogP contribution is -1.98. The number of aromatic carboxylic acids is 1. The number of rotatable bonds is 2. The summed E-state index contributed by atoms with van der Waals surface area (Å²) in [6.45, 7) is 0. The van der Waals surface area contributed by atoms with E-state index in [4.69, 9.17) is 0 Å². The summed E-state index contributed by atoms with van der Waals surface area (Å²) in [7, 11) is 0. The normalized spacial score (nSPS) is 10.5. The number of carboxylic acids is 1. The van der Waals surface area contributed by atoms with E-state index in [0.29, 0.717) is 11.3 Å². The minimum atomic E-state index is -1.08. The summed E-state index contributed by atoms with van der Waals surface area (Å²) in [5, 5.41) is 13.2. The van der Waals surface area contributed by atoms with Crippen molar-refractivity contribution in [1.29, 1.82) is 0 Å². The molecule has 0 amide bonds. The van der Waals surface area contributed by atoms with Crippen LogP contribution in [0.15, 0.2) is 54.9 Å². The number of hydrogen-bond acceptors (Lipinski definition) is 4. The van der Waals surface area contributed by atoms with Crippen LogP contribution in [0.5, 0.6) is 0 Å². The van der Waals surface area contributed by atoms with Crippen molar-refractivity contribution in [2.24, 2.45) is 0 Å². The number of halogens is 1. The number of nitrogens with zero attached hydrogens (tertiary/aromatic N) is 3. The number of carbonyl (C=O) groups is 1. The van der Waals surface area contributed by atoms with Gasteiger partial charge < -0.3 is 5.11 Å². The summed E-state index contributed by atoms with van der Waals surface area (Å²) in [4.78, 5) is 17.2. The molecule has 1 N–H and O–H groups in total. The number of fused-ring (bicyclic) bond motifs is 1. The zero-order chi connectivity index (χ0) is 18.1.